The van der Waals surface area contributed by atoms with Gasteiger partial charge in [0.2, 0.25) is 15.9 Å². The molecule has 7 nitrogen and oxygen atoms in total. The first-order chi connectivity index (χ1) is 15.3. The molecule has 0 saturated carbocycles. The fourth-order valence-corrected chi connectivity index (χ4v) is 4.96. The van der Waals surface area contributed by atoms with Gasteiger partial charge in [0.25, 0.3) is 0 Å². The summed E-state index contributed by atoms with van der Waals surface area (Å²) in [5.74, 6) is 0.0282. The lowest BCUT2D eigenvalue weighted by atomic mass is 10.2. The van der Waals surface area contributed by atoms with E-state index in [0.29, 0.717) is 37.7 Å². The van der Waals surface area contributed by atoms with E-state index in [4.69, 9.17) is 9.47 Å². The number of morpholine rings is 1. The molecular formula is C23H28N2O5S2. The number of benzene rings is 2. The molecule has 0 unspecified atom stereocenters. The molecule has 0 spiro atoms. The van der Waals surface area contributed by atoms with Crippen LogP contribution in [0, 0.1) is 0 Å². The van der Waals surface area contributed by atoms with Gasteiger partial charge in [0.15, 0.2) is 0 Å². The zero-order valence-corrected chi connectivity index (χ0v) is 20.0. The molecule has 3 rings (SSSR count). The fourth-order valence-electron chi connectivity index (χ4n) is 3.12. The van der Waals surface area contributed by atoms with E-state index in [-0.39, 0.29) is 16.9 Å². The Kier molecular flexibility index (Phi) is 8.36. The molecule has 1 aliphatic heterocycles. The fraction of sp³-hybridized carbons (Fsp3) is 0.348. The monoisotopic (exact) mass is 476 g/mol. The van der Waals surface area contributed by atoms with Crippen molar-refractivity contribution in [2.45, 2.75) is 29.7 Å². The van der Waals surface area contributed by atoms with Crippen molar-refractivity contribution in [3.63, 3.8) is 0 Å². The van der Waals surface area contributed by atoms with Gasteiger partial charge in [-0.25, -0.2) is 8.42 Å². The number of nitrogens with zero attached hydrogens (tertiary/aromatic N) is 1. The van der Waals surface area contributed by atoms with Crippen LogP contribution in [-0.4, -0.2) is 57.3 Å². The summed E-state index contributed by atoms with van der Waals surface area (Å²) in [6, 6.07) is 12.3. The number of rotatable bonds is 8. The molecule has 2 aromatic rings. The van der Waals surface area contributed by atoms with Crippen molar-refractivity contribution in [2.24, 2.45) is 0 Å². The Balaban J connectivity index is 1.82. The molecule has 0 aromatic heterocycles. The highest BCUT2D eigenvalue weighted by atomic mass is 32.2. The van der Waals surface area contributed by atoms with Crippen LogP contribution in [0.15, 0.2) is 58.3 Å². The molecular weight excluding hydrogens is 448 g/mol. The van der Waals surface area contributed by atoms with Crippen LogP contribution in [0.1, 0.15) is 19.4 Å². The summed E-state index contributed by atoms with van der Waals surface area (Å²) in [4.78, 5) is 13.8. The van der Waals surface area contributed by atoms with Crippen LogP contribution in [0.5, 0.6) is 5.75 Å². The SMILES string of the molecule is CSc1ccc(C=CC(=O)Nc2cc(S(=O)(=O)N3CCOCC3)ccc2OC(C)C)cc1. The normalized spacial score (nSPS) is 15.2. The predicted molar refractivity (Wildman–Crippen MR) is 128 cm³/mol. The lowest BCUT2D eigenvalue weighted by molar-refractivity contribution is -0.111. The van der Waals surface area contributed by atoms with Gasteiger partial charge in [0, 0.05) is 24.1 Å². The maximum atomic E-state index is 13.0. The highest BCUT2D eigenvalue weighted by molar-refractivity contribution is 7.98. The number of anilines is 1. The van der Waals surface area contributed by atoms with E-state index in [1.807, 2.05) is 44.4 Å². The van der Waals surface area contributed by atoms with E-state index >= 15 is 0 Å². The van der Waals surface area contributed by atoms with Gasteiger partial charge in [-0.2, -0.15) is 4.31 Å². The molecule has 32 heavy (non-hydrogen) atoms. The van der Waals surface area contributed by atoms with E-state index < -0.39 is 10.0 Å². The maximum Gasteiger partial charge on any atom is 0.248 e. The standard InChI is InChI=1S/C23H28N2O5S2/c1-17(2)30-22-10-9-20(32(27,28)25-12-14-29-15-13-25)16-21(22)24-23(26)11-6-18-4-7-19(31-3)8-5-18/h4-11,16-17H,12-15H2,1-3H3,(H,24,26). The van der Waals surface area contributed by atoms with Crippen molar-refractivity contribution in [1.82, 2.24) is 4.31 Å². The lowest BCUT2D eigenvalue weighted by Gasteiger charge is -2.26. The second-order valence-electron chi connectivity index (χ2n) is 7.44. The molecule has 0 bridgehead atoms. The zero-order chi connectivity index (χ0) is 23.1. The Morgan fingerprint density at radius 1 is 1.16 bits per heavy atom. The third-order valence-electron chi connectivity index (χ3n) is 4.72. The van der Waals surface area contributed by atoms with Crippen LogP contribution in [0.2, 0.25) is 0 Å². The molecule has 9 heteroatoms. The van der Waals surface area contributed by atoms with E-state index in [9.17, 15) is 13.2 Å². The number of ether oxygens (including phenoxy) is 2. The van der Waals surface area contributed by atoms with Crippen molar-refractivity contribution in [2.75, 3.05) is 37.9 Å². The van der Waals surface area contributed by atoms with Crippen molar-refractivity contribution in [3.8, 4) is 5.75 Å². The Labute approximate surface area is 193 Å². The maximum absolute atomic E-state index is 13.0. The third kappa shape index (κ3) is 6.35. The Hall–Kier alpha value is -2.33. The lowest BCUT2D eigenvalue weighted by Crippen LogP contribution is -2.40. The molecule has 0 atom stereocenters. The number of amides is 1. The van der Waals surface area contributed by atoms with Gasteiger partial charge in [0.1, 0.15) is 5.75 Å². The Morgan fingerprint density at radius 2 is 1.84 bits per heavy atom. The van der Waals surface area contributed by atoms with E-state index in [1.165, 1.54) is 22.5 Å². The van der Waals surface area contributed by atoms with Crippen molar-refractivity contribution in [1.29, 1.82) is 0 Å². The summed E-state index contributed by atoms with van der Waals surface area (Å²) in [7, 11) is -3.70. The average Bonchev–Trinajstić information content (AvgIpc) is 2.79. The third-order valence-corrected chi connectivity index (χ3v) is 7.36. The van der Waals surface area contributed by atoms with Gasteiger partial charge in [-0.1, -0.05) is 12.1 Å². The Morgan fingerprint density at radius 3 is 2.47 bits per heavy atom. The first kappa shape index (κ1) is 24.3. The smallest absolute Gasteiger partial charge is 0.248 e. The predicted octanol–water partition coefficient (Wildman–Crippen LogP) is 3.87. The second kappa shape index (κ2) is 11.0. The number of hydrogen-bond donors (Lipinski definition) is 1. The zero-order valence-electron chi connectivity index (χ0n) is 18.4. The quantitative estimate of drug-likeness (QED) is 0.460. The van der Waals surface area contributed by atoms with Gasteiger partial charge in [-0.05, 0) is 62.1 Å². The molecule has 172 valence electrons. The average molecular weight is 477 g/mol. The van der Waals surface area contributed by atoms with Crippen molar-refractivity contribution >= 4 is 39.5 Å². The van der Waals surface area contributed by atoms with Crippen LogP contribution >= 0.6 is 11.8 Å². The Bertz CT molecular complexity index is 1060. The van der Waals surface area contributed by atoms with Gasteiger partial charge in [0.05, 0.1) is 29.9 Å². The summed E-state index contributed by atoms with van der Waals surface area (Å²) in [5, 5.41) is 2.76. The first-order valence-corrected chi connectivity index (χ1v) is 13.0. The van der Waals surface area contributed by atoms with Crippen molar-refractivity contribution in [3.05, 3.63) is 54.1 Å². The second-order valence-corrected chi connectivity index (χ2v) is 10.3. The van der Waals surface area contributed by atoms with Crippen LogP contribution in [0.4, 0.5) is 5.69 Å². The first-order valence-electron chi connectivity index (χ1n) is 10.3. The molecule has 1 heterocycles. The summed E-state index contributed by atoms with van der Waals surface area (Å²) in [6.45, 7) is 5.04. The molecule has 1 aliphatic rings. The van der Waals surface area contributed by atoms with Crippen LogP contribution in [0.25, 0.3) is 6.08 Å². The van der Waals surface area contributed by atoms with E-state index in [1.54, 1.807) is 23.9 Å². The largest absolute Gasteiger partial charge is 0.489 e. The highest BCUT2D eigenvalue weighted by Crippen LogP contribution is 2.30. The molecule has 2 aromatic carbocycles. The summed E-state index contributed by atoms with van der Waals surface area (Å²) in [6.07, 6.45) is 4.98. The molecule has 1 amide bonds. The van der Waals surface area contributed by atoms with E-state index in [2.05, 4.69) is 5.32 Å². The summed E-state index contributed by atoms with van der Waals surface area (Å²) < 4.78 is 38.5. The molecule has 1 N–H and O–H groups in total. The minimum atomic E-state index is -3.70. The molecule has 0 aliphatic carbocycles. The van der Waals surface area contributed by atoms with Gasteiger partial charge in [-0.15, -0.1) is 11.8 Å². The van der Waals surface area contributed by atoms with E-state index in [0.717, 1.165) is 10.5 Å². The topological polar surface area (TPSA) is 84.9 Å². The minimum Gasteiger partial charge on any atom is -0.489 e. The van der Waals surface area contributed by atoms with Gasteiger partial charge in [-0.3, -0.25) is 4.79 Å². The van der Waals surface area contributed by atoms with Crippen LogP contribution < -0.4 is 10.1 Å². The molecule has 1 saturated heterocycles. The number of carbonyl (C=O) groups excluding carboxylic acids is 1. The summed E-state index contributed by atoms with van der Waals surface area (Å²) >= 11 is 1.65. The highest BCUT2D eigenvalue weighted by Gasteiger charge is 2.27. The summed E-state index contributed by atoms with van der Waals surface area (Å²) in [5.41, 5.74) is 1.20. The number of thioether (sulfide) groups is 1. The van der Waals surface area contributed by atoms with Crippen LogP contribution in [-0.2, 0) is 19.6 Å². The van der Waals surface area contributed by atoms with Crippen molar-refractivity contribution < 1.29 is 22.7 Å². The van der Waals surface area contributed by atoms with Gasteiger partial charge >= 0.3 is 0 Å². The van der Waals surface area contributed by atoms with Crippen LogP contribution in [0.3, 0.4) is 0 Å². The van der Waals surface area contributed by atoms with Gasteiger partial charge < -0.3 is 14.8 Å². The molecule has 0 radical (unpaired) electrons. The number of hydrogen-bond acceptors (Lipinski definition) is 6. The number of carbonyl (C=O) groups is 1. The number of nitrogens with one attached hydrogen (secondary N) is 1. The minimum absolute atomic E-state index is 0.0995. The molecule has 1 fully saturated rings. The number of sulfonamides is 1.